The molecule has 0 aromatic heterocycles. The molecule has 0 bridgehead atoms. The number of rotatable bonds is 7. The SMILES string of the molecule is COc1ccc([C@H](CNC(=O)C2=C(c3ccccc3)SCCO2)N2CCCCC2)cc1. The lowest BCUT2D eigenvalue weighted by Gasteiger charge is -2.35. The van der Waals surface area contributed by atoms with Crippen molar-refractivity contribution in [1.82, 2.24) is 10.2 Å². The van der Waals surface area contributed by atoms with Gasteiger partial charge in [0.15, 0.2) is 5.76 Å². The maximum absolute atomic E-state index is 13.2. The summed E-state index contributed by atoms with van der Waals surface area (Å²) in [6.07, 6.45) is 3.67. The predicted molar refractivity (Wildman–Crippen MR) is 126 cm³/mol. The highest BCUT2D eigenvalue weighted by atomic mass is 32.2. The maximum Gasteiger partial charge on any atom is 0.287 e. The lowest BCUT2D eigenvalue weighted by atomic mass is 10.0. The van der Waals surface area contributed by atoms with Gasteiger partial charge >= 0.3 is 0 Å². The van der Waals surface area contributed by atoms with Crippen molar-refractivity contribution in [2.75, 3.05) is 39.1 Å². The van der Waals surface area contributed by atoms with E-state index in [9.17, 15) is 4.79 Å². The average Bonchev–Trinajstić information content (AvgIpc) is 2.85. The number of nitrogens with one attached hydrogen (secondary N) is 1. The number of amides is 1. The number of carbonyl (C=O) groups excluding carboxylic acids is 1. The van der Waals surface area contributed by atoms with Gasteiger partial charge in [0.2, 0.25) is 0 Å². The second-order valence-corrected chi connectivity index (χ2v) is 8.92. The molecule has 1 atom stereocenters. The summed E-state index contributed by atoms with van der Waals surface area (Å²) in [6.45, 7) is 3.20. The molecule has 31 heavy (non-hydrogen) atoms. The van der Waals surface area contributed by atoms with Gasteiger partial charge in [-0.25, -0.2) is 0 Å². The van der Waals surface area contributed by atoms with Crippen molar-refractivity contribution >= 4 is 22.6 Å². The summed E-state index contributed by atoms with van der Waals surface area (Å²) >= 11 is 1.69. The van der Waals surface area contributed by atoms with Gasteiger partial charge in [0, 0.05) is 12.3 Å². The zero-order valence-electron chi connectivity index (χ0n) is 18.0. The fourth-order valence-electron chi connectivity index (χ4n) is 4.17. The standard InChI is InChI=1S/C25H30N2O3S/c1-29-21-12-10-19(11-13-21)22(27-14-6-3-7-15-27)18-26-25(28)23-24(31-17-16-30-23)20-8-4-2-5-9-20/h2,4-5,8-13,22H,3,6-7,14-18H2,1H3,(H,26,28)/t22-/m0/s1. The van der Waals surface area contributed by atoms with E-state index in [0.29, 0.717) is 18.9 Å². The molecule has 0 unspecified atom stereocenters. The Labute approximate surface area is 188 Å². The Morgan fingerprint density at radius 1 is 1.10 bits per heavy atom. The first-order valence-corrected chi connectivity index (χ1v) is 12.0. The van der Waals surface area contributed by atoms with Crippen LogP contribution in [0.25, 0.3) is 4.91 Å². The van der Waals surface area contributed by atoms with Crippen LogP contribution in [0.4, 0.5) is 0 Å². The number of hydrogen-bond acceptors (Lipinski definition) is 5. The molecule has 0 aliphatic carbocycles. The van der Waals surface area contributed by atoms with Crippen molar-refractivity contribution in [3.63, 3.8) is 0 Å². The van der Waals surface area contributed by atoms with Crippen molar-refractivity contribution in [1.29, 1.82) is 0 Å². The predicted octanol–water partition coefficient (Wildman–Crippen LogP) is 4.47. The highest BCUT2D eigenvalue weighted by Gasteiger charge is 2.26. The molecule has 2 aromatic carbocycles. The smallest absolute Gasteiger partial charge is 0.287 e. The molecule has 0 spiro atoms. The monoisotopic (exact) mass is 438 g/mol. The molecular weight excluding hydrogens is 408 g/mol. The van der Waals surface area contributed by atoms with Crippen LogP contribution in [0.5, 0.6) is 5.75 Å². The molecule has 164 valence electrons. The van der Waals surface area contributed by atoms with Gasteiger partial charge in [0.05, 0.1) is 24.7 Å². The molecule has 0 radical (unpaired) electrons. The molecule has 1 amide bonds. The topological polar surface area (TPSA) is 50.8 Å². The van der Waals surface area contributed by atoms with Gasteiger partial charge in [-0.3, -0.25) is 9.69 Å². The van der Waals surface area contributed by atoms with Crippen LogP contribution >= 0.6 is 11.8 Å². The average molecular weight is 439 g/mol. The van der Waals surface area contributed by atoms with Crippen LogP contribution in [-0.2, 0) is 9.53 Å². The van der Waals surface area contributed by atoms with E-state index < -0.39 is 0 Å². The highest BCUT2D eigenvalue weighted by Crippen LogP contribution is 2.35. The molecule has 6 heteroatoms. The van der Waals surface area contributed by atoms with Gasteiger partial charge in [0.25, 0.3) is 5.91 Å². The van der Waals surface area contributed by atoms with Crippen LogP contribution in [0.1, 0.15) is 36.4 Å². The van der Waals surface area contributed by atoms with Gasteiger partial charge < -0.3 is 14.8 Å². The van der Waals surface area contributed by atoms with Gasteiger partial charge in [-0.15, -0.1) is 11.8 Å². The van der Waals surface area contributed by atoms with E-state index >= 15 is 0 Å². The molecule has 2 aliphatic rings. The number of likely N-dealkylation sites (tertiary alicyclic amines) is 1. The van der Waals surface area contributed by atoms with Crippen LogP contribution in [0.2, 0.25) is 0 Å². The van der Waals surface area contributed by atoms with Crippen LogP contribution in [-0.4, -0.2) is 49.9 Å². The Morgan fingerprint density at radius 2 is 1.84 bits per heavy atom. The minimum atomic E-state index is -0.137. The Balaban J connectivity index is 1.52. The zero-order chi connectivity index (χ0) is 21.5. The van der Waals surface area contributed by atoms with Crippen LogP contribution in [0.3, 0.4) is 0 Å². The van der Waals surface area contributed by atoms with E-state index in [4.69, 9.17) is 9.47 Å². The van der Waals surface area contributed by atoms with Crippen molar-refractivity contribution in [2.45, 2.75) is 25.3 Å². The van der Waals surface area contributed by atoms with E-state index in [-0.39, 0.29) is 11.9 Å². The van der Waals surface area contributed by atoms with E-state index in [0.717, 1.165) is 35.1 Å². The quantitative estimate of drug-likeness (QED) is 0.691. The molecule has 1 saturated heterocycles. The number of piperidine rings is 1. The number of hydrogen-bond donors (Lipinski definition) is 1. The summed E-state index contributed by atoms with van der Waals surface area (Å²) in [5, 5.41) is 3.17. The molecule has 1 N–H and O–H groups in total. The van der Waals surface area contributed by atoms with Crippen molar-refractivity contribution in [3.8, 4) is 5.75 Å². The molecule has 4 rings (SSSR count). The van der Waals surface area contributed by atoms with E-state index in [1.165, 1.54) is 24.8 Å². The molecule has 2 aromatic rings. The van der Waals surface area contributed by atoms with Crippen LogP contribution < -0.4 is 10.1 Å². The van der Waals surface area contributed by atoms with E-state index in [1.807, 2.05) is 42.5 Å². The second-order valence-electron chi connectivity index (χ2n) is 7.82. The van der Waals surface area contributed by atoms with E-state index in [1.54, 1.807) is 18.9 Å². The first-order chi connectivity index (χ1) is 15.3. The van der Waals surface area contributed by atoms with Gasteiger partial charge in [-0.05, 0) is 49.2 Å². The molecule has 2 aliphatic heterocycles. The number of nitrogens with zero attached hydrogens (tertiary/aromatic N) is 1. The Hall–Kier alpha value is -2.44. The summed E-state index contributed by atoms with van der Waals surface area (Å²) in [7, 11) is 1.68. The summed E-state index contributed by atoms with van der Waals surface area (Å²) in [5.74, 6) is 2.00. The van der Waals surface area contributed by atoms with Crippen LogP contribution in [0, 0.1) is 0 Å². The molecular formula is C25H30N2O3S. The zero-order valence-corrected chi connectivity index (χ0v) is 18.8. The number of carbonyl (C=O) groups is 1. The third kappa shape index (κ3) is 5.43. The van der Waals surface area contributed by atoms with Gasteiger partial charge in [-0.1, -0.05) is 48.9 Å². The van der Waals surface area contributed by atoms with Gasteiger partial charge in [-0.2, -0.15) is 0 Å². The largest absolute Gasteiger partial charge is 0.497 e. The first-order valence-electron chi connectivity index (χ1n) is 11.0. The second kappa shape index (κ2) is 10.7. The lowest BCUT2D eigenvalue weighted by molar-refractivity contribution is -0.121. The normalized spacial score (nSPS) is 18.2. The summed E-state index contributed by atoms with van der Waals surface area (Å²) < 4.78 is 11.2. The van der Waals surface area contributed by atoms with Crippen molar-refractivity contribution in [3.05, 3.63) is 71.5 Å². The fourth-order valence-corrected chi connectivity index (χ4v) is 5.13. The lowest BCUT2D eigenvalue weighted by Crippen LogP contribution is -2.41. The fraction of sp³-hybridized carbons (Fsp3) is 0.400. The highest BCUT2D eigenvalue weighted by molar-refractivity contribution is 8.08. The summed E-state index contributed by atoms with van der Waals surface area (Å²) in [5.41, 5.74) is 2.22. The number of benzene rings is 2. The van der Waals surface area contributed by atoms with Gasteiger partial charge in [0.1, 0.15) is 5.75 Å². The Bertz CT molecular complexity index is 893. The van der Waals surface area contributed by atoms with E-state index in [2.05, 4.69) is 22.3 Å². The Morgan fingerprint density at radius 3 is 2.55 bits per heavy atom. The number of ether oxygens (including phenoxy) is 2. The molecule has 2 heterocycles. The van der Waals surface area contributed by atoms with Crippen LogP contribution in [0.15, 0.2) is 60.4 Å². The number of methoxy groups -OCH3 is 1. The summed E-state index contributed by atoms with van der Waals surface area (Å²) in [4.78, 5) is 16.6. The third-order valence-corrected chi connectivity index (χ3v) is 6.89. The molecule has 0 saturated carbocycles. The van der Waals surface area contributed by atoms with Crippen molar-refractivity contribution in [2.24, 2.45) is 0 Å². The maximum atomic E-state index is 13.2. The first kappa shape index (κ1) is 21.8. The number of thioether (sulfide) groups is 1. The molecule has 1 fully saturated rings. The minimum absolute atomic E-state index is 0.132. The molecule has 5 nitrogen and oxygen atoms in total. The summed E-state index contributed by atoms with van der Waals surface area (Å²) in [6, 6.07) is 18.3. The third-order valence-electron chi connectivity index (χ3n) is 5.81. The minimum Gasteiger partial charge on any atom is -0.497 e. The van der Waals surface area contributed by atoms with Crippen molar-refractivity contribution < 1.29 is 14.3 Å². The Kier molecular flexibility index (Phi) is 7.54.